The average molecular weight is 369 g/mol. The number of nitrogens with zero attached hydrogens (tertiary/aromatic N) is 3. The third-order valence-electron chi connectivity index (χ3n) is 4.80. The number of aromatic amines is 1. The van der Waals surface area contributed by atoms with Crippen molar-refractivity contribution in [1.29, 1.82) is 0 Å². The number of rotatable bonds is 4. The normalized spacial score (nSPS) is 16.2. The van der Waals surface area contributed by atoms with Crippen LogP contribution in [0.25, 0.3) is 10.9 Å². The Bertz CT molecular complexity index is 949. The molecule has 4 rings (SSSR count). The van der Waals surface area contributed by atoms with Gasteiger partial charge < -0.3 is 4.98 Å². The Morgan fingerprint density at radius 1 is 0.962 bits per heavy atom. The number of fused-ring (bicyclic) bond motifs is 1. The van der Waals surface area contributed by atoms with Crippen molar-refractivity contribution in [2.24, 2.45) is 0 Å². The molecule has 0 amide bonds. The lowest BCUT2D eigenvalue weighted by Crippen LogP contribution is -2.45. The molecular weight excluding hydrogens is 348 g/mol. The minimum absolute atomic E-state index is 0.129. The lowest BCUT2D eigenvalue weighted by molar-refractivity contribution is 0.120. The molecule has 1 aromatic heterocycles. The zero-order chi connectivity index (χ0) is 17.9. The number of benzene rings is 2. The quantitative estimate of drug-likeness (QED) is 0.769. The SMILES string of the molecule is O=c1[nH]c(CN2CCN(Cc3ccccc3)CC2)nc2ccc(Cl)cc12. The van der Waals surface area contributed by atoms with Gasteiger partial charge in [0.25, 0.3) is 5.56 Å². The Labute approximate surface area is 157 Å². The molecule has 1 N–H and O–H groups in total. The first-order valence-electron chi connectivity index (χ1n) is 8.84. The molecule has 3 aromatic rings. The Kier molecular flexibility index (Phi) is 5.02. The average Bonchev–Trinajstić information content (AvgIpc) is 2.65. The van der Waals surface area contributed by atoms with Gasteiger partial charge in [-0.1, -0.05) is 41.9 Å². The molecule has 2 heterocycles. The molecule has 0 saturated carbocycles. The van der Waals surface area contributed by atoms with Crippen LogP contribution in [-0.4, -0.2) is 45.9 Å². The molecule has 1 fully saturated rings. The van der Waals surface area contributed by atoms with Crippen molar-refractivity contribution >= 4 is 22.5 Å². The van der Waals surface area contributed by atoms with Crippen molar-refractivity contribution in [1.82, 2.24) is 19.8 Å². The largest absolute Gasteiger partial charge is 0.309 e. The van der Waals surface area contributed by atoms with Crippen LogP contribution in [0.1, 0.15) is 11.4 Å². The summed E-state index contributed by atoms with van der Waals surface area (Å²) in [6, 6.07) is 15.8. The van der Waals surface area contributed by atoms with Crippen LogP contribution in [0.15, 0.2) is 53.3 Å². The predicted octanol–water partition coefficient (Wildman–Crippen LogP) is 2.89. The summed E-state index contributed by atoms with van der Waals surface area (Å²) in [5.41, 5.74) is 1.91. The molecule has 1 saturated heterocycles. The van der Waals surface area contributed by atoms with Gasteiger partial charge in [-0.25, -0.2) is 4.98 Å². The summed E-state index contributed by atoms with van der Waals surface area (Å²) in [5, 5.41) is 1.08. The van der Waals surface area contributed by atoms with Crippen LogP contribution in [0.2, 0.25) is 5.02 Å². The van der Waals surface area contributed by atoms with Gasteiger partial charge in [-0.05, 0) is 23.8 Å². The van der Waals surface area contributed by atoms with Gasteiger partial charge in [-0.3, -0.25) is 14.6 Å². The second-order valence-corrected chi connectivity index (χ2v) is 7.15. The van der Waals surface area contributed by atoms with Crippen LogP contribution in [0.4, 0.5) is 0 Å². The molecule has 134 valence electrons. The monoisotopic (exact) mass is 368 g/mol. The van der Waals surface area contributed by atoms with Crippen molar-refractivity contribution in [2.45, 2.75) is 13.1 Å². The van der Waals surface area contributed by atoms with Crippen molar-refractivity contribution in [2.75, 3.05) is 26.2 Å². The number of H-pyrrole nitrogens is 1. The van der Waals surface area contributed by atoms with Crippen LogP contribution in [0.5, 0.6) is 0 Å². The van der Waals surface area contributed by atoms with Gasteiger partial charge in [0, 0.05) is 37.7 Å². The first-order valence-corrected chi connectivity index (χ1v) is 9.22. The highest BCUT2D eigenvalue weighted by Gasteiger charge is 2.18. The van der Waals surface area contributed by atoms with E-state index in [0.29, 0.717) is 28.3 Å². The van der Waals surface area contributed by atoms with Gasteiger partial charge in [0.2, 0.25) is 0 Å². The summed E-state index contributed by atoms with van der Waals surface area (Å²) in [5.74, 6) is 0.710. The van der Waals surface area contributed by atoms with E-state index in [4.69, 9.17) is 11.6 Å². The van der Waals surface area contributed by atoms with Crippen LogP contribution in [-0.2, 0) is 13.1 Å². The second kappa shape index (κ2) is 7.58. The minimum atomic E-state index is -0.129. The first-order chi connectivity index (χ1) is 12.7. The Hall–Kier alpha value is -2.21. The first kappa shape index (κ1) is 17.2. The fourth-order valence-corrected chi connectivity index (χ4v) is 3.57. The zero-order valence-corrected chi connectivity index (χ0v) is 15.2. The Balaban J connectivity index is 1.39. The lowest BCUT2D eigenvalue weighted by Gasteiger charge is -2.34. The molecule has 26 heavy (non-hydrogen) atoms. The molecule has 2 aromatic carbocycles. The van der Waals surface area contributed by atoms with Crippen LogP contribution < -0.4 is 5.56 Å². The van der Waals surface area contributed by atoms with Crippen molar-refractivity contribution in [3.05, 3.63) is 75.3 Å². The Morgan fingerprint density at radius 3 is 2.38 bits per heavy atom. The van der Waals surface area contributed by atoms with E-state index in [1.165, 1.54) is 5.56 Å². The maximum Gasteiger partial charge on any atom is 0.258 e. The fourth-order valence-electron chi connectivity index (χ4n) is 3.39. The number of piperazine rings is 1. The fraction of sp³-hybridized carbons (Fsp3) is 0.300. The molecule has 1 aliphatic rings. The zero-order valence-electron chi connectivity index (χ0n) is 14.5. The summed E-state index contributed by atoms with van der Waals surface area (Å²) >= 11 is 5.96. The standard InChI is InChI=1S/C20H21ClN4O/c21-16-6-7-18-17(12-16)20(26)23-19(22-18)14-25-10-8-24(9-11-25)13-15-4-2-1-3-5-15/h1-7,12H,8-11,13-14H2,(H,22,23,26). The van der Waals surface area contributed by atoms with Gasteiger partial charge >= 0.3 is 0 Å². The summed E-state index contributed by atoms with van der Waals surface area (Å²) in [4.78, 5) is 24.5. The molecule has 5 nitrogen and oxygen atoms in total. The Morgan fingerprint density at radius 2 is 1.65 bits per heavy atom. The summed E-state index contributed by atoms with van der Waals surface area (Å²) in [6.45, 7) is 5.61. The highest BCUT2D eigenvalue weighted by atomic mass is 35.5. The highest BCUT2D eigenvalue weighted by Crippen LogP contribution is 2.15. The minimum Gasteiger partial charge on any atom is -0.309 e. The number of halogens is 1. The van der Waals surface area contributed by atoms with Crippen LogP contribution >= 0.6 is 11.6 Å². The van der Waals surface area contributed by atoms with Gasteiger partial charge in [-0.2, -0.15) is 0 Å². The molecule has 0 aliphatic carbocycles. The molecular formula is C20H21ClN4O. The lowest BCUT2D eigenvalue weighted by atomic mass is 10.2. The van der Waals surface area contributed by atoms with Crippen molar-refractivity contribution in [3.63, 3.8) is 0 Å². The third kappa shape index (κ3) is 3.96. The van der Waals surface area contributed by atoms with E-state index in [1.807, 2.05) is 6.07 Å². The number of nitrogens with one attached hydrogen (secondary N) is 1. The molecule has 0 radical (unpaired) electrons. The van der Waals surface area contributed by atoms with Crippen molar-refractivity contribution in [3.8, 4) is 0 Å². The summed E-state index contributed by atoms with van der Waals surface area (Å²) in [7, 11) is 0. The maximum absolute atomic E-state index is 12.3. The molecule has 1 aliphatic heterocycles. The van der Waals surface area contributed by atoms with Crippen molar-refractivity contribution < 1.29 is 0 Å². The third-order valence-corrected chi connectivity index (χ3v) is 5.04. The molecule has 0 atom stereocenters. The summed E-state index contributed by atoms with van der Waals surface area (Å²) < 4.78 is 0. The van der Waals surface area contributed by atoms with E-state index in [2.05, 4.69) is 44.0 Å². The van der Waals surface area contributed by atoms with Crippen LogP contribution in [0.3, 0.4) is 0 Å². The van der Waals surface area contributed by atoms with Gasteiger partial charge in [-0.15, -0.1) is 0 Å². The van der Waals surface area contributed by atoms with E-state index in [1.54, 1.807) is 18.2 Å². The highest BCUT2D eigenvalue weighted by molar-refractivity contribution is 6.31. The molecule has 0 spiro atoms. The van der Waals surface area contributed by atoms with Gasteiger partial charge in [0.15, 0.2) is 0 Å². The number of aromatic nitrogens is 2. The van der Waals surface area contributed by atoms with E-state index in [0.717, 1.165) is 32.7 Å². The maximum atomic E-state index is 12.3. The van der Waals surface area contributed by atoms with Crippen LogP contribution in [0, 0.1) is 0 Å². The van der Waals surface area contributed by atoms with Gasteiger partial charge in [0.1, 0.15) is 5.82 Å². The van der Waals surface area contributed by atoms with E-state index in [-0.39, 0.29) is 5.56 Å². The predicted molar refractivity (Wildman–Crippen MR) is 104 cm³/mol. The topological polar surface area (TPSA) is 52.2 Å². The van der Waals surface area contributed by atoms with E-state index < -0.39 is 0 Å². The summed E-state index contributed by atoms with van der Waals surface area (Å²) in [6.07, 6.45) is 0. The second-order valence-electron chi connectivity index (χ2n) is 6.71. The molecule has 0 bridgehead atoms. The molecule has 6 heteroatoms. The number of hydrogen-bond donors (Lipinski definition) is 1. The van der Waals surface area contributed by atoms with E-state index in [9.17, 15) is 4.79 Å². The van der Waals surface area contributed by atoms with E-state index >= 15 is 0 Å². The number of hydrogen-bond acceptors (Lipinski definition) is 4. The van der Waals surface area contributed by atoms with Gasteiger partial charge in [0.05, 0.1) is 17.4 Å². The smallest absolute Gasteiger partial charge is 0.258 e. The molecule has 0 unspecified atom stereocenters.